The fourth-order valence-corrected chi connectivity index (χ4v) is 1.83. The van der Waals surface area contributed by atoms with Crippen LogP contribution in [0.25, 0.3) is 0 Å². The van der Waals surface area contributed by atoms with Crippen molar-refractivity contribution in [1.29, 1.82) is 0 Å². The molecule has 0 saturated carbocycles. The molecule has 0 aliphatic carbocycles. The summed E-state index contributed by atoms with van der Waals surface area (Å²) in [6.07, 6.45) is 0.116. The standard InChI is InChI=1S/C8H10N4O3S/c13-6-1-4(16)3-12(6)8-9-5(10-11-8)2-7(14)15/h4,16H,1-3H2,(H,14,15)(H,9,10,11). The Kier molecular flexibility index (Phi) is 2.82. The summed E-state index contributed by atoms with van der Waals surface area (Å²) in [5.74, 6) is -0.640. The van der Waals surface area contributed by atoms with Gasteiger partial charge in [-0.05, 0) is 0 Å². The number of rotatable bonds is 3. The van der Waals surface area contributed by atoms with Crippen molar-refractivity contribution < 1.29 is 14.7 Å². The maximum Gasteiger partial charge on any atom is 0.311 e. The number of hydrogen-bond acceptors (Lipinski definition) is 5. The SMILES string of the molecule is O=C(O)Cc1nc(N2CC(S)CC2=O)n[nH]1. The van der Waals surface area contributed by atoms with E-state index in [4.69, 9.17) is 5.11 Å². The minimum absolute atomic E-state index is 0.0195. The van der Waals surface area contributed by atoms with E-state index in [0.29, 0.717) is 13.0 Å². The summed E-state index contributed by atoms with van der Waals surface area (Å²) in [4.78, 5) is 27.3. The molecule has 16 heavy (non-hydrogen) atoms. The fraction of sp³-hybridized carbons (Fsp3) is 0.500. The van der Waals surface area contributed by atoms with Crippen LogP contribution in [-0.2, 0) is 16.0 Å². The van der Waals surface area contributed by atoms with Crippen molar-refractivity contribution in [3.63, 3.8) is 0 Å². The molecule has 2 rings (SSSR count). The quantitative estimate of drug-likeness (QED) is 0.619. The highest BCUT2D eigenvalue weighted by Crippen LogP contribution is 2.20. The van der Waals surface area contributed by atoms with Gasteiger partial charge in [0, 0.05) is 18.2 Å². The Labute approximate surface area is 96.3 Å². The van der Waals surface area contributed by atoms with Gasteiger partial charge in [-0.3, -0.25) is 19.6 Å². The van der Waals surface area contributed by atoms with Gasteiger partial charge in [-0.25, -0.2) is 0 Å². The Morgan fingerprint density at radius 1 is 1.69 bits per heavy atom. The van der Waals surface area contributed by atoms with Gasteiger partial charge >= 0.3 is 5.97 Å². The van der Waals surface area contributed by atoms with E-state index in [9.17, 15) is 9.59 Å². The smallest absolute Gasteiger partial charge is 0.311 e. The Balaban J connectivity index is 2.13. The Bertz CT molecular complexity index is 433. The molecule has 1 aliphatic rings. The number of aliphatic carboxylic acids is 1. The van der Waals surface area contributed by atoms with Crippen LogP contribution in [0, 0.1) is 0 Å². The van der Waals surface area contributed by atoms with Crippen molar-refractivity contribution >= 4 is 30.5 Å². The second-order valence-electron chi connectivity index (χ2n) is 3.51. The second-order valence-corrected chi connectivity index (χ2v) is 4.25. The molecule has 1 aromatic heterocycles. The number of aromatic amines is 1. The van der Waals surface area contributed by atoms with E-state index in [1.165, 1.54) is 4.90 Å². The van der Waals surface area contributed by atoms with E-state index >= 15 is 0 Å². The lowest BCUT2D eigenvalue weighted by Crippen LogP contribution is -2.25. The summed E-state index contributed by atoms with van der Waals surface area (Å²) in [7, 11) is 0. The van der Waals surface area contributed by atoms with Gasteiger partial charge in [0.2, 0.25) is 5.91 Å². The van der Waals surface area contributed by atoms with E-state index in [2.05, 4.69) is 27.8 Å². The molecule has 2 heterocycles. The first kappa shape index (κ1) is 10.9. The van der Waals surface area contributed by atoms with Gasteiger partial charge in [0.25, 0.3) is 5.95 Å². The number of hydrogen-bond donors (Lipinski definition) is 3. The molecule has 1 fully saturated rings. The monoisotopic (exact) mass is 242 g/mol. The topological polar surface area (TPSA) is 99.2 Å². The lowest BCUT2D eigenvalue weighted by molar-refractivity contribution is -0.136. The van der Waals surface area contributed by atoms with Gasteiger partial charge in [-0.15, -0.1) is 5.10 Å². The molecule has 2 N–H and O–H groups in total. The van der Waals surface area contributed by atoms with E-state index in [1.54, 1.807) is 0 Å². The van der Waals surface area contributed by atoms with Crippen molar-refractivity contribution in [3.8, 4) is 0 Å². The molecule has 1 unspecified atom stereocenters. The third-order valence-corrected chi connectivity index (χ3v) is 2.53. The lowest BCUT2D eigenvalue weighted by atomic mass is 10.4. The third-order valence-electron chi connectivity index (χ3n) is 2.18. The maximum atomic E-state index is 11.5. The van der Waals surface area contributed by atoms with Crippen LogP contribution in [-0.4, -0.2) is 44.0 Å². The summed E-state index contributed by atoms with van der Waals surface area (Å²) >= 11 is 4.20. The average molecular weight is 242 g/mol. The molecule has 1 aliphatic heterocycles. The Morgan fingerprint density at radius 2 is 2.44 bits per heavy atom. The number of carbonyl (C=O) groups excluding carboxylic acids is 1. The molecule has 0 radical (unpaired) electrons. The summed E-state index contributed by atoms with van der Waals surface area (Å²) in [5, 5.41) is 14.8. The molecule has 7 nitrogen and oxygen atoms in total. The lowest BCUT2D eigenvalue weighted by Gasteiger charge is -2.09. The van der Waals surface area contributed by atoms with Crippen LogP contribution in [0.2, 0.25) is 0 Å². The van der Waals surface area contributed by atoms with Gasteiger partial charge in [0.05, 0.1) is 0 Å². The molecule has 86 valence electrons. The van der Waals surface area contributed by atoms with E-state index in [-0.39, 0.29) is 29.4 Å². The number of carboxylic acids is 1. The van der Waals surface area contributed by atoms with Gasteiger partial charge in [-0.1, -0.05) is 0 Å². The van der Waals surface area contributed by atoms with Crippen molar-refractivity contribution in [2.75, 3.05) is 11.4 Å². The van der Waals surface area contributed by atoms with Gasteiger partial charge in [0.1, 0.15) is 12.2 Å². The van der Waals surface area contributed by atoms with Crippen LogP contribution >= 0.6 is 12.6 Å². The highest BCUT2D eigenvalue weighted by molar-refractivity contribution is 7.81. The molecule has 8 heteroatoms. The van der Waals surface area contributed by atoms with Crippen LogP contribution in [0.4, 0.5) is 5.95 Å². The van der Waals surface area contributed by atoms with Gasteiger partial charge < -0.3 is 5.11 Å². The molecule has 1 aromatic rings. The number of amides is 1. The van der Waals surface area contributed by atoms with Crippen molar-refractivity contribution in [3.05, 3.63) is 5.82 Å². The molecule has 0 bridgehead atoms. The zero-order valence-electron chi connectivity index (χ0n) is 8.25. The van der Waals surface area contributed by atoms with E-state index < -0.39 is 5.97 Å². The van der Waals surface area contributed by atoms with Crippen molar-refractivity contribution in [2.45, 2.75) is 18.1 Å². The van der Waals surface area contributed by atoms with Crippen LogP contribution in [0.3, 0.4) is 0 Å². The number of anilines is 1. The zero-order valence-corrected chi connectivity index (χ0v) is 9.15. The third kappa shape index (κ3) is 2.16. The van der Waals surface area contributed by atoms with E-state index in [0.717, 1.165) is 0 Å². The van der Waals surface area contributed by atoms with Crippen LogP contribution < -0.4 is 4.90 Å². The summed E-state index contributed by atoms with van der Waals surface area (Å²) in [5.41, 5.74) is 0. The van der Waals surface area contributed by atoms with Crippen LogP contribution in [0.1, 0.15) is 12.2 Å². The number of thiol groups is 1. The predicted molar refractivity (Wildman–Crippen MR) is 57.5 cm³/mol. The molecular weight excluding hydrogens is 232 g/mol. The first-order valence-electron chi connectivity index (χ1n) is 4.68. The molecule has 0 spiro atoms. The van der Waals surface area contributed by atoms with E-state index in [1.807, 2.05) is 0 Å². The first-order chi connectivity index (χ1) is 7.56. The zero-order chi connectivity index (χ0) is 11.7. The summed E-state index contributed by atoms with van der Waals surface area (Å²) in [6.45, 7) is 0.451. The minimum Gasteiger partial charge on any atom is -0.481 e. The average Bonchev–Trinajstić information content (AvgIpc) is 2.72. The molecule has 1 amide bonds. The largest absolute Gasteiger partial charge is 0.481 e. The second kappa shape index (κ2) is 4.12. The minimum atomic E-state index is -0.998. The van der Waals surface area contributed by atoms with Crippen LogP contribution in [0.5, 0.6) is 0 Å². The Hall–Kier alpha value is -1.57. The number of aromatic nitrogens is 3. The molecule has 1 saturated heterocycles. The predicted octanol–water partition coefficient (Wildman–Crippen LogP) is -0.533. The highest BCUT2D eigenvalue weighted by Gasteiger charge is 2.30. The number of carboxylic acid groups (broad SMARTS) is 1. The summed E-state index contributed by atoms with van der Waals surface area (Å²) in [6, 6.07) is 0. The number of nitrogens with one attached hydrogen (secondary N) is 1. The number of nitrogens with zero attached hydrogens (tertiary/aromatic N) is 3. The molecule has 0 aromatic carbocycles. The van der Waals surface area contributed by atoms with Gasteiger partial charge in [-0.2, -0.15) is 17.6 Å². The number of H-pyrrole nitrogens is 1. The normalized spacial score (nSPS) is 20.4. The molecular formula is C8H10N4O3S. The maximum absolute atomic E-state index is 11.5. The Morgan fingerprint density at radius 3 is 3.00 bits per heavy atom. The highest BCUT2D eigenvalue weighted by atomic mass is 32.1. The van der Waals surface area contributed by atoms with Crippen molar-refractivity contribution in [1.82, 2.24) is 15.2 Å². The first-order valence-corrected chi connectivity index (χ1v) is 5.19. The van der Waals surface area contributed by atoms with Crippen molar-refractivity contribution in [2.24, 2.45) is 0 Å². The molecule has 1 atom stereocenters. The van der Waals surface area contributed by atoms with Gasteiger partial charge in [0.15, 0.2) is 0 Å². The summed E-state index contributed by atoms with van der Waals surface area (Å²) < 4.78 is 0. The number of carbonyl (C=O) groups is 2. The van der Waals surface area contributed by atoms with Crippen LogP contribution in [0.15, 0.2) is 0 Å². The fourth-order valence-electron chi connectivity index (χ4n) is 1.51.